The van der Waals surface area contributed by atoms with Gasteiger partial charge in [-0.15, -0.1) is 0 Å². The molecule has 2 aromatic carbocycles. The summed E-state index contributed by atoms with van der Waals surface area (Å²) in [5.41, 5.74) is 8.59. The molecule has 1 nitrogen and oxygen atoms in total. The lowest BCUT2D eigenvalue weighted by atomic mass is 9.98. The number of benzene rings is 2. The normalized spacial score (nSPS) is 12.5. The first-order valence-electron chi connectivity index (χ1n) is 5.56. The molecular weight excluding hydrogens is 441 g/mol. The number of nitrogens with two attached hydrogens (primary N) is 1. The van der Waals surface area contributed by atoms with Crippen molar-refractivity contribution >= 4 is 47.8 Å². The first-order valence-corrected chi connectivity index (χ1v) is 7.94. The number of aryl methyl sites for hydroxylation is 1. The second-order valence-electron chi connectivity index (χ2n) is 4.27. The van der Waals surface area contributed by atoms with Crippen LogP contribution in [0.3, 0.4) is 0 Å². The van der Waals surface area contributed by atoms with Crippen LogP contribution in [0.15, 0.2) is 43.7 Å². The van der Waals surface area contributed by atoms with Crippen molar-refractivity contribution in [2.45, 2.75) is 13.0 Å². The van der Waals surface area contributed by atoms with E-state index in [1.54, 1.807) is 12.1 Å². The Kier molecular flexibility index (Phi) is 4.82. The number of hydrogen-bond donors (Lipinski definition) is 1. The SMILES string of the molecule is Cc1cc(Br)c(C(N)c2cc(Br)ccc2F)cc1Br. The lowest BCUT2D eigenvalue weighted by Gasteiger charge is -2.17. The van der Waals surface area contributed by atoms with Crippen LogP contribution in [0.1, 0.15) is 22.7 Å². The van der Waals surface area contributed by atoms with Crippen LogP contribution >= 0.6 is 47.8 Å². The first kappa shape index (κ1) is 15.2. The molecule has 0 bridgehead atoms. The van der Waals surface area contributed by atoms with E-state index in [1.807, 2.05) is 19.1 Å². The Labute approximate surface area is 136 Å². The smallest absolute Gasteiger partial charge is 0.128 e. The maximum Gasteiger partial charge on any atom is 0.128 e. The molecule has 0 aliphatic carbocycles. The zero-order valence-electron chi connectivity index (χ0n) is 10.1. The summed E-state index contributed by atoms with van der Waals surface area (Å²) in [6.45, 7) is 1.99. The summed E-state index contributed by atoms with van der Waals surface area (Å²) in [6.07, 6.45) is 0. The van der Waals surface area contributed by atoms with Gasteiger partial charge < -0.3 is 5.73 Å². The maximum absolute atomic E-state index is 13.9. The molecule has 0 aromatic heterocycles. The molecule has 0 saturated heterocycles. The van der Waals surface area contributed by atoms with Crippen LogP contribution < -0.4 is 5.73 Å². The number of hydrogen-bond acceptors (Lipinski definition) is 1. The minimum absolute atomic E-state index is 0.306. The Hall–Kier alpha value is -0.230. The van der Waals surface area contributed by atoms with Gasteiger partial charge in [-0.2, -0.15) is 0 Å². The van der Waals surface area contributed by atoms with Crippen LogP contribution in [0.5, 0.6) is 0 Å². The standard InChI is InChI=1S/C14H11Br3FN/c1-7-4-12(17)9(6-11(7)16)14(19)10-5-8(15)2-3-13(10)18/h2-6,14H,19H2,1H3. The molecule has 100 valence electrons. The summed E-state index contributed by atoms with van der Waals surface area (Å²) < 4.78 is 16.5. The largest absolute Gasteiger partial charge is 0.320 e. The van der Waals surface area contributed by atoms with Gasteiger partial charge in [0.2, 0.25) is 0 Å². The lowest BCUT2D eigenvalue weighted by molar-refractivity contribution is 0.599. The Morgan fingerprint density at radius 3 is 2.37 bits per heavy atom. The summed E-state index contributed by atoms with van der Waals surface area (Å²) in [4.78, 5) is 0. The molecule has 1 atom stereocenters. The molecular formula is C14H11Br3FN. The van der Waals surface area contributed by atoms with Crippen molar-refractivity contribution in [1.82, 2.24) is 0 Å². The lowest BCUT2D eigenvalue weighted by Crippen LogP contribution is -2.14. The van der Waals surface area contributed by atoms with E-state index in [2.05, 4.69) is 47.8 Å². The minimum Gasteiger partial charge on any atom is -0.320 e. The Morgan fingerprint density at radius 1 is 1.00 bits per heavy atom. The van der Waals surface area contributed by atoms with E-state index < -0.39 is 6.04 Å². The van der Waals surface area contributed by atoms with E-state index >= 15 is 0 Å². The summed E-state index contributed by atoms with van der Waals surface area (Å²) in [5, 5.41) is 0. The van der Waals surface area contributed by atoms with Crippen molar-refractivity contribution in [1.29, 1.82) is 0 Å². The van der Waals surface area contributed by atoms with E-state index in [-0.39, 0.29) is 5.82 Å². The van der Waals surface area contributed by atoms with Gasteiger partial charge in [0.05, 0.1) is 6.04 Å². The molecule has 19 heavy (non-hydrogen) atoms. The zero-order valence-corrected chi connectivity index (χ0v) is 14.8. The van der Waals surface area contributed by atoms with E-state index in [0.717, 1.165) is 24.5 Å². The van der Waals surface area contributed by atoms with Gasteiger partial charge in [-0.1, -0.05) is 47.8 Å². The van der Waals surface area contributed by atoms with Crippen LogP contribution in [0.2, 0.25) is 0 Å². The monoisotopic (exact) mass is 449 g/mol. The van der Waals surface area contributed by atoms with Crippen molar-refractivity contribution < 1.29 is 4.39 Å². The Morgan fingerprint density at radius 2 is 1.68 bits per heavy atom. The maximum atomic E-state index is 13.9. The highest BCUT2D eigenvalue weighted by atomic mass is 79.9. The van der Waals surface area contributed by atoms with E-state index in [0.29, 0.717) is 5.56 Å². The van der Waals surface area contributed by atoms with Crippen LogP contribution in [-0.4, -0.2) is 0 Å². The third-order valence-electron chi connectivity index (χ3n) is 2.91. The fraction of sp³-hybridized carbons (Fsp3) is 0.143. The van der Waals surface area contributed by atoms with Gasteiger partial charge in [0, 0.05) is 19.0 Å². The zero-order chi connectivity index (χ0) is 14.2. The predicted molar refractivity (Wildman–Crippen MR) is 86.7 cm³/mol. The Bertz CT molecular complexity index is 628. The van der Waals surface area contributed by atoms with Gasteiger partial charge in [0.1, 0.15) is 5.82 Å². The Balaban J connectivity index is 2.52. The molecule has 5 heteroatoms. The fourth-order valence-corrected chi connectivity index (χ4v) is 3.26. The first-order chi connectivity index (χ1) is 8.90. The van der Waals surface area contributed by atoms with Gasteiger partial charge in [-0.25, -0.2) is 4.39 Å². The third kappa shape index (κ3) is 3.27. The molecule has 0 saturated carbocycles. The molecule has 1 unspecified atom stereocenters. The van der Waals surface area contributed by atoms with Crippen molar-refractivity contribution in [3.8, 4) is 0 Å². The molecule has 0 fully saturated rings. The summed E-state index contributed by atoms with van der Waals surface area (Å²) in [6, 6.07) is 8.14. The molecule has 0 spiro atoms. The predicted octanol–water partition coefficient (Wildman–Crippen LogP) is 5.47. The van der Waals surface area contributed by atoms with Crippen LogP contribution in [0.4, 0.5) is 4.39 Å². The summed E-state index contributed by atoms with van der Waals surface area (Å²) >= 11 is 10.3. The summed E-state index contributed by atoms with van der Waals surface area (Å²) in [7, 11) is 0. The van der Waals surface area contributed by atoms with Gasteiger partial charge >= 0.3 is 0 Å². The van der Waals surface area contributed by atoms with Gasteiger partial charge in [-0.05, 0) is 48.4 Å². The van der Waals surface area contributed by atoms with Crippen molar-refractivity contribution in [3.05, 3.63) is 66.3 Å². The number of halogens is 4. The number of rotatable bonds is 2. The average molecular weight is 452 g/mol. The average Bonchev–Trinajstić information content (AvgIpc) is 2.36. The molecule has 2 N–H and O–H groups in total. The van der Waals surface area contributed by atoms with Gasteiger partial charge in [-0.3, -0.25) is 0 Å². The quantitative estimate of drug-likeness (QED) is 0.643. The molecule has 2 rings (SSSR count). The molecule has 2 aromatic rings. The van der Waals surface area contributed by atoms with Crippen LogP contribution in [0.25, 0.3) is 0 Å². The topological polar surface area (TPSA) is 26.0 Å². The van der Waals surface area contributed by atoms with E-state index in [1.165, 1.54) is 6.07 Å². The highest BCUT2D eigenvalue weighted by Crippen LogP contribution is 2.33. The van der Waals surface area contributed by atoms with Crippen molar-refractivity contribution in [2.75, 3.05) is 0 Å². The highest BCUT2D eigenvalue weighted by Gasteiger charge is 2.17. The van der Waals surface area contributed by atoms with Crippen LogP contribution in [0, 0.1) is 12.7 Å². The van der Waals surface area contributed by atoms with E-state index in [9.17, 15) is 4.39 Å². The van der Waals surface area contributed by atoms with Crippen LogP contribution in [-0.2, 0) is 0 Å². The van der Waals surface area contributed by atoms with Gasteiger partial charge in [0.15, 0.2) is 0 Å². The second kappa shape index (κ2) is 6.04. The van der Waals surface area contributed by atoms with E-state index in [4.69, 9.17) is 5.73 Å². The van der Waals surface area contributed by atoms with Crippen molar-refractivity contribution in [2.24, 2.45) is 5.73 Å². The minimum atomic E-state index is -0.524. The van der Waals surface area contributed by atoms with Crippen molar-refractivity contribution in [3.63, 3.8) is 0 Å². The fourth-order valence-electron chi connectivity index (χ4n) is 1.82. The molecule has 0 aliphatic rings. The molecule has 0 amide bonds. The van der Waals surface area contributed by atoms with Gasteiger partial charge in [0.25, 0.3) is 0 Å². The molecule has 0 aliphatic heterocycles. The molecule has 0 radical (unpaired) electrons. The third-order valence-corrected chi connectivity index (χ3v) is 4.94. The summed E-state index contributed by atoms with van der Waals surface area (Å²) in [5.74, 6) is -0.306. The highest BCUT2D eigenvalue weighted by molar-refractivity contribution is 9.11. The second-order valence-corrected chi connectivity index (χ2v) is 6.89. The molecule has 0 heterocycles.